The quantitative estimate of drug-likeness (QED) is 0.651. The second-order valence-corrected chi connectivity index (χ2v) is 5.72. The Morgan fingerprint density at radius 3 is 2.73 bits per heavy atom. The molecule has 2 aromatic rings. The first kappa shape index (κ1) is 16.3. The molecular formula is C16H17BrN2O3. The average Bonchev–Trinajstić information content (AvgIpc) is 2.90. The van der Waals surface area contributed by atoms with E-state index in [1.807, 2.05) is 38.1 Å². The minimum Gasteiger partial charge on any atom is -0.483 e. The van der Waals surface area contributed by atoms with Crippen LogP contribution < -0.4 is 10.2 Å². The topological polar surface area (TPSA) is 63.8 Å². The summed E-state index contributed by atoms with van der Waals surface area (Å²) in [5, 5.41) is 3.99. The Hall–Kier alpha value is -2.08. The first-order valence-electron chi connectivity index (χ1n) is 6.74. The predicted octanol–water partition coefficient (Wildman–Crippen LogP) is 3.58. The van der Waals surface area contributed by atoms with Gasteiger partial charge >= 0.3 is 0 Å². The summed E-state index contributed by atoms with van der Waals surface area (Å²) in [7, 11) is 0. The maximum atomic E-state index is 11.7. The molecule has 0 fully saturated rings. The number of benzene rings is 1. The van der Waals surface area contributed by atoms with Gasteiger partial charge in [-0.15, -0.1) is 0 Å². The van der Waals surface area contributed by atoms with Gasteiger partial charge in [0.15, 0.2) is 6.61 Å². The lowest BCUT2D eigenvalue weighted by molar-refractivity contribution is -0.123. The SMILES string of the molecule is C/C(=N\NC(=O)COc1ccc(C)cc1Br)c1ccc(C)o1. The van der Waals surface area contributed by atoms with Crippen molar-refractivity contribution in [2.45, 2.75) is 20.8 Å². The summed E-state index contributed by atoms with van der Waals surface area (Å²) in [6.45, 7) is 5.48. The van der Waals surface area contributed by atoms with Crippen LogP contribution in [-0.4, -0.2) is 18.2 Å². The van der Waals surface area contributed by atoms with E-state index in [1.54, 1.807) is 13.0 Å². The number of furan rings is 1. The number of rotatable bonds is 5. The van der Waals surface area contributed by atoms with Gasteiger partial charge in [0.2, 0.25) is 0 Å². The van der Waals surface area contributed by atoms with Gasteiger partial charge in [-0.2, -0.15) is 5.10 Å². The normalized spacial score (nSPS) is 11.4. The molecule has 5 nitrogen and oxygen atoms in total. The van der Waals surface area contributed by atoms with Crippen LogP contribution >= 0.6 is 15.9 Å². The first-order chi connectivity index (χ1) is 10.5. The van der Waals surface area contributed by atoms with Crippen molar-refractivity contribution in [1.29, 1.82) is 0 Å². The molecule has 0 radical (unpaired) electrons. The van der Waals surface area contributed by atoms with E-state index in [0.717, 1.165) is 15.8 Å². The maximum Gasteiger partial charge on any atom is 0.277 e. The minimum atomic E-state index is -0.338. The number of carbonyl (C=O) groups is 1. The Labute approximate surface area is 137 Å². The molecule has 1 aromatic carbocycles. The van der Waals surface area contributed by atoms with Crippen LogP contribution in [0.4, 0.5) is 0 Å². The van der Waals surface area contributed by atoms with Crippen LogP contribution in [0.25, 0.3) is 0 Å². The molecule has 0 aliphatic rings. The van der Waals surface area contributed by atoms with Gasteiger partial charge in [-0.25, -0.2) is 5.43 Å². The van der Waals surface area contributed by atoms with Gasteiger partial charge < -0.3 is 9.15 Å². The molecule has 6 heteroatoms. The lowest BCUT2D eigenvalue weighted by Crippen LogP contribution is -2.25. The van der Waals surface area contributed by atoms with Crippen LogP contribution in [-0.2, 0) is 4.79 Å². The van der Waals surface area contributed by atoms with Gasteiger partial charge in [0, 0.05) is 0 Å². The zero-order valence-electron chi connectivity index (χ0n) is 12.6. The van der Waals surface area contributed by atoms with Crippen molar-refractivity contribution >= 4 is 27.5 Å². The molecule has 1 amide bonds. The molecule has 0 aliphatic heterocycles. The smallest absolute Gasteiger partial charge is 0.277 e. The monoisotopic (exact) mass is 364 g/mol. The maximum absolute atomic E-state index is 11.7. The number of amides is 1. The molecule has 0 saturated heterocycles. The molecule has 1 aromatic heterocycles. The molecule has 0 aliphatic carbocycles. The Bertz CT molecular complexity index is 707. The van der Waals surface area contributed by atoms with Crippen molar-refractivity contribution in [3.8, 4) is 5.75 Å². The number of hydrazone groups is 1. The summed E-state index contributed by atoms with van der Waals surface area (Å²) >= 11 is 3.40. The van der Waals surface area contributed by atoms with Crippen LogP contribution in [0.3, 0.4) is 0 Å². The Kier molecular flexibility index (Phi) is 5.38. The lowest BCUT2D eigenvalue weighted by atomic mass is 10.2. The molecule has 0 atom stereocenters. The van der Waals surface area contributed by atoms with Gasteiger partial charge in [-0.1, -0.05) is 6.07 Å². The number of nitrogens with zero attached hydrogens (tertiary/aromatic N) is 1. The van der Waals surface area contributed by atoms with Crippen LogP contribution in [0, 0.1) is 13.8 Å². The summed E-state index contributed by atoms with van der Waals surface area (Å²) in [5.41, 5.74) is 4.14. The zero-order chi connectivity index (χ0) is 16.1. The van der Waals surface area contributed by atoms with E-state index in [2.05, 4.69) is 26.5 Å². The van der Waals surface area contributed by atoms with E-state index in [-0.39, 0.29) is 12.5 Å². The molecule has 22 heavy (non-hydrogen) atoms. The summed E-state index contributed by atoms with van der Waals surface area (Å²) in [6, 6.07) is 9.30. The highest BCUT2D eigenvalue weighted by Crippen LogP contribution is 2.25. The molecule has 0 spiro atoms. The van der Waals surface area contributed by atoms with Crippen LogP contribution in [0.15, 0.2) is 44.3 Å². The predicted molar refractivity (Wildman–Crippen MR) is 88.2 cm³/mol. The molecule has 0 saturated carbocycles. The molecule has 0 unspecified atom stereocenters. The lowest BCUT2D eigenvalue weighted by Gasteiger charge is -2.08. The summed E-state index contributed by atoms with van der Waals surface area (Å²) < 4.78 is 11.7. The van der Waals surface area contributed by atoms with E-state index in [9.17, 15) is 4.79 Å². The Morgan fingerprint density at radius 1 is 1.32 bits per heavy atom. The number of nitrogens with one attached hydrogen (secondary N) is 1. The summed E-state index contributed by atoms with van der Waals surface area (Å²) in [5.74, 6) is 1.70. The average molecular weight is 365 g/mol. The van der Waals surface area contributed by atoms with Crippen molar-refractivity contribution in [3.63, 3.8) is 0 Å². The van der Waals surface area contributed by atoms with Crippen molar-refractivity contribution < 1.29 is 13.9 Å². The largest absolute Gasteiger partial charge is 0.483 e. The standard InChI is InChI=1S/C16H17BrN2O3/c1-10-4-6-15(13(17)8-10)21-9-16(20)19-18-12(3)14-7-5-11(2)22-14/h4-8H,9H2,1-3H3,(H,19,20)/b18-12+. The number of carbonyl (C=O) groups excluding carboxylic acids is 1. The van der Waals surface area contributed by atoms with Crippen LogP contribution in [0.2, 0.25) is 0 Å². The van der Waals surface area contributed by atoms with E-state index in [0.29, 0.717) is 17.2 Å². The summed E-state index contributed by atoms with van der Waals surface area (Å²) in [6.07, 6.45) is 0. The van der Waals surface area contributed by atoms with E-state index in [4.69, 9.17) is 9.15 Å². The number of aryl methyl sites for hydroxylation is 2. The van der Waals surface area contributed by atoms with Crippen LogP contribution in [0.1, 0.15) is 24.0 Å². The van der Waals surface area contributed by atoms with Crippen molar-refractivity contribution in [2.75, 3.05) is 6.61 Å². The van der Waals surface area contributed by atoms with Crippen LogP contribution in [0.5, 0.6) is 5.75 Å². The molecule has 1 heterocycles. The number of ether oxygens (including phenoxy) is 1. The second-order valence-electron chi connectivity index (χ2n) is 4.87. The molecule has 2 rings (SSSR count). The van der Waals surface area contributed by atoms with Crippen molar-refractivity contribution in [1.82, 2.24) is 5.43 Å². The van der Waals surface area contributed by atoms with Gasteiger partial charge in [0.05, 0.1) is 4.47 Å². The third-order valence-electron chi connectivity index (χ3n) is 2.89. The molecule has 1 N–H and O–H groups in total. The fourth-order valence-electron chi connectivity index (χ4n) is 1.73. The second kappa shape index (κ2) is 7.26. The van der Waals surface area contributed by atoms with E-state index in [1.165, 1.54) is 0 Å². The molecule has 0 bridgehead atoms. The Balaban J connectivity index is 1.88. The highest BCUT2D eigenvalue weighted by Gasteiger charge is 2.07. The minimum absolute atomic E-state index is 0.115. The van der Waals surface area contributed by atoms with Gasteiger partial charge in [0.25, 0.3) is 5.91 Å². The van der Waals surface area contributed by atoms with E-state index < -0.39 is 0 Å². The number of hydrogen-bond acceptors (Lipinski definition) is 4. The summed E-state index contributed by atoms with van der Waals surface area (Å²) in [4.78, 5) is 11.7. The van der Waals surface area contributed by atoms with Crippen molar-refractivity contribution in [3.05, 3.63) is 51.9 Å². The molecule has 116 valence electrons. The van der Waals surface area contributed by atoms with Gasteiger partial charge in [-0.05, 0) is 66.5 Å². The number of hydrogen-bond donors (Lipinski definition) is 1. The third kappa shape index (κ3) is 4.46. The fraction of sp³-hybridized carbons (Fsp3) is 0.250. The highest BCUT2D eigenvalue weighted by molar-refractivity contribution is 9.10. The number of halogens is 1. The van der Waals surface area contributed by atoms with Gasteiger partial charge in [-0.3, -0.25) is 4.79 Å². The Morgan fingerprint density at radius 2 is 2.09 bits per heavy atom. The van der Waals surface area contributed by atoms with E-state index >= 15 is 0 Å². The third-order valence-corrected chi connectivity index (χ3v) is 3.51. The fourth-order valence-corrected chi connectivity index (χ4v) is 2.34. The highest BCUT2D eigenvalue weighted by atomic mass is 79.9. The molecular weight excluding hydrogens is 348 g/mol. The zero-order valence-corrected chi connectivity index (χ0v) is 14.2. The first-order valence-corrected chi connectivity index (χ1v) is 7.54. The van der Waals surface area contributed by atoms with Crippen molar-refractivity contribution in [2.24, 2.45) is 5.10 Å². The van der Waals surface area contributed by atoms with Gasteiger partial charge in [0.1, 0.15) is 23.0 Å².